The predicted molar refractivity (Wildman–Crippen MR) is 98.1 cm³/mol. The van der Waals surface area contributed by atoms with Crippen molar-refractivity contribution in [1.82, 2.24) is 0 Å². The number of aryl methyl sites for hydroxylation is 1. The van der Waals surface area contributed by atoms with Gasteiger partial charge in [0.2, 0.25) is 6.29 Å². The number of carbonyl (C=O) groups excluding carboxylic acids is 1. The summed E-state index contributed by atoms with van der Waals surface area (Å²) in [5.41, 5.74) is 5.87. The standard InChI is InChI=1S/C21H28O4/c1-6-24-21(23)19(12-25-20(22)15(5)13(2)3)18-11-10-16-14(4)8-7-9-17(16)18/h7-9,12,18,20,22H,6,10-11H2,1-5H3/b19-12+. The van der Waals surface area contributed by atoms with Gasteiger partial charge in [0, 0.05) is 5.92 Å². The number of fused-ring (bicyclic) bond motifs is 1. The van der Waals surface area contributed by atoms with E-state index in [9.17, 15) is 9.90 Å². The average molecular weight is 344 g/mol. The Kier molecular flexibility index (Phi) is 6.43. The Morgan fingerprint density at radius 1 is 1.36 bits per heavy atom. The quantitative estimate of drug-likeness (QED) is 0.277. The number of aliphatic hydroxyl groups excluding tert-OH is 1. The summed E-state index contributed by atoms with van der Waals surface area (Å²) < 4.78 is 10.7. The van der Waals surface area contributed by atoms with E-state index in [4.69, 9.17) is 9.47 Å². The second-order valence-electron chi connectivity index (χ2n) is 6.70. The summed E-state index contributed by atoms with van der Waals surface area (Å²) in [5, 5.41) is 10.2. The maximum absolute atomic E-state index is 12.5. The van der Waals surface area contributed by atoms with Crippen LogP contribution in [0.15, 0.2) is 41.2 Å². The monoisotopic (exact) mass is 344 g/mol. The van der Waals surface area contributed by atoms with E-state index in [-0.39, 0.29) is 11.9 Å². The molecule has 4 heteroatoms. The van der Waals surface area contributed by atoms with Gasteiger partial charge >= 0.3 is 5.97 Å². The molecule has 136 valence electrons. The van der Waals surface area contributed by atoms with Crippen LogP contribution in [0.4, 0.5) is 0 Å². The highest BCUT2D eigenvalue weighted by atomic mass is 16.6. The first kappa shape index (κ1) is 19.3. The van der Waals surface area contributed by atoms with E-state index < -0.39 is 6.29 Å². The number of hydrogen-bond acceptors (Lipinski definition) is 4. The SMILES string of the molecule is CCOC(=O)/C(=C/OC(O)C(C)=C(C)C)C1CCc2c(C)cccc21. The van der Waals surface area contributed by atoms with Crippen LogP contribution in [0.3, 0.4) is 0 Å². The number of esters is 1. The molecule has 0 radical (unpaired) electrons. The molecule has 0 aliphatic heterocycles. The molecule has 1 aromatic carbocycles. The Hall–Kier alpha value is -2.07. The van der Waals surface area contributed by atoms with Crippen molar-refractivity contribution in [2.45, 2.75) is 59.7 Å². The van der Waals surface area contributed by atoms with Crippen molar-refractivity contribution in [2.75, 3.05) is 6.61 Å². The van der Waals surface area contributed by atoms with Crippen LogP contribution in [0.1, 0.15) is 56.7 Å². The zero-order chi connectivity index (χ0) is 18.6. The van der Waals surface area contributed by atoms with Gasteiger partial charge in [-0.15, -0.1) is 0 Å². The summed E-state index contributed by atoms with van der Waals surface area (Å²) in [6, 6.07) is 6.16. The maximum atomic E-state index is 12.5. The van der Waals surface area contributed by atoms with Crippen LogP contribution in [0.2, 0.25) is 0 Å². The minimum atomic E-state index is -1.06. The summed E-state index contributed by atoms with van der Waals surface area (Å²) in [6.07, 6.45) is 2.09. The molecule has 0 aromatic heterocycles. The Morgan fingerprint density at radius 3 is 2.72 bits per heavy atom. The van der Waals surface area contributed by atoms with Gasteiger partial charge in [-0.2, -0.15) is 0 Å². The molecule has 0 amide bonds. The summed E-state index contributed by atoms with van der Waals surface area (Å²) >= 11 is 0. The van der Waals surface area contributed by atoms with E-state index >= 15 is 0 Å². The minimum Gasteiger partial charge on any atom is -0.468 e. The minimum absolute atomic E-state index is 0.0619. The number of allylic oxidation sites excluding steroid dienone is 1. The molecule has 4 nitrogen and oxygen atoms in total. The van der Waals surface area contributed by atoms with Crippen molar-refractivity contribution in [3.05, 3.63) is 57.9 Å². The number of carbonyl (C=O) groups is 1. The van der Waals surface area contributed by atoms with E-state index in [0.29, 0.717) is 12.2 Å². The van der Waals surface area contributed by atoms with Crippen LogP contribution < -0.4 is 0 Å². The molecular weight excluding hydrogens is 316 g/mol. The van der Waals surface area contributed by atoms with Crippen LogP contribution in [0, 0.1) is 6.92 Å². The molecule has 2 atom stereocenters. The number of rotatable bonds is 6. The van der Waals surface area contributed by atoms with Crippen molar-refractivity contribution in [2.24, 2.45) is 0 Å². The van der Waals surface area contributed by atoms with E-state index in [1.165, 1.54) is 17.4 Å². The molecule has 0 saturated carbocycles. The topological polar surface area (TPSA) is 55.8 Å². The largest absolute Gasteiger partial charge is 0.468 e. The van der Waals surface area contributed by atoms with Gasteiger partial charge in [-0.1, -0.05) is 23.8 Å². The number of benzene rings is 1. The molecule has 0 heterocycles. The zero-order valence-electron chi connectivity index (χ0n) is 15.8. The van der Waals surface area contributed by atoms with Crippen molar-refractivity contribution >= 4 is 5.97 Å². The normalized spacial score (nSPS) is 17.7. The van der Waals surface area contributed by atoms with Crippen LogP contribution in [-0.2, 0) is 20.7 Å². The van der Waals surface area contributed by atoms with Crippen molar-refractivity contribution in [3.8, 4) is 0 Å². The smallest absolute Gasteiger partial charge is 0.337 e. The molecule has 2 unspecified atom stereocenters. The number of aliphatic hydroxyl groups is 1. The molecule has 1 aromatic rings. The fraction of sp³-hybridized carbons (Fsp3) is 0.476. The van der Waals surface area contributed by atoms with Gasteiger partial charge in [0.15, 0.2) is 0 Å². The lowest BCUT2D eigenvalue weighted by Crippen LogP contribution is -2.17. The van der Waals surface area contributed by atoms with E-state index in [1.807, 2.05) is 26.8 Å². The molecule has 0 spiro atoms. The Labute approximate surface area is 150 Å². The lowest BCUT2D eigenvalue weighted by atomic mass is 9.92. The van der Waals surface area contributed by atoms with Gasteiger partial charge in [0.25, 0.3) is 0 Å². The zero-order valence-corrected chi connectivity index (χ0v) is 15.8. The van der Waals surface area contributed by atoms with Gasteiger partial charge in [-0.05, 0) is 69.7 Å². The Bertz CT molecular complexity index is 696. The van der Waals surface area contributed by atoms with E-state index in [1.54, 1.807) is 6.92 Å². The van der Waals surface area contributed by atoms with Crippen LogP contribution in [0.25, 0.3) is 0 Å². The molecule has 0 bridgehead atoms. The van der Waals surface area contributed by atoms with Crippen molar-refractivity contribution in [3.63, 3.8) is 0 Å². The third kappa shape index (κ3) is 4.31. The first-order chi connectivity index (χ1) is 11.9. The summed E-state index contributed by atoms with van der Waals surface area (Å²) in [4.78, 5) is 12.5. The number of ether oxygens (including phenoxy) is 2. The molecule has 2 rings (SSSR count). The van der Waals surface area contributed by atoms with E-state index in [2.05, 4.69) is 19.1 Å². The van der Waals surface area contributed by atoms with Gasteiger partial charge in [-0.25, -0.2) is 4.79 Å². The second kappa shape index (κ2) is 8.34. The van der Waals surface area contributed by atoms with Crippen LogP contribution in [0.5, 0.6) is 0 Å². The second-order valence-corrected chi connectivity index (χ2v) is 6.70. The third-order valence-corrected chi connectivity index (χ3v) is 4.87. The molecular formula is C21H28O4. The molecule has 1 N–H and O–H groups in total. The first-order valence-electron chi connectivity index (χ1n) is 8.79. The average Bonchev–Trinajstić information content (AvgIpc) is 2.99. The highest BCUT2D eigenvalue weighted by Gasteiger charge is 2.31. The van der Waals surface area contributed by atoms with Crippen molar-refractivity contribution < 1.29 is 19.4 Å². The highest BCUT2D eigenvalue weighted by Crippen LogP contribution is 2.40. The van der Waals surface area contributed by atoms with Crippen LogP contribution in [-0.4, -0.2) is 24.0 Å². The number of hydrogen-bond donors (Lipinski definition) is 1. The Morgan fingerprint density at radius 2 is 2.08 bits per heavy atom. The Balaban J connectivity index is 2.33. The summed E-state index contributed by atoms with van der Waals surface area (Å²) in [7, 11) is 0. The lowest BCUT2D eigenvalue weighted by Gasteiger charge is -2.18. The maximum Gasteiger partial charge on any atom is 0.337 e. The van der Waals surface area contributed by atoms with Crippen molar-refractivity contribution in [1.29, 1.82) is 0 Å². The molecule has 1 aliphatic rings. The predicted octanol–water partition coefficient (Wildman–Crippen LogP) is 4.16. The highest BCUT2D eigenvalue weighted by molar-refractivity contribution is 5.90. The fourth-order valence-electron chi connectivity index (χ4n) is 3.13. The third-order valence-electron chi connectivity index (χ3n) is 4.87. The van der Waals surface area contributed by atoms with Gasteiger partial charge in [-0.3, -0.25) is 0 Å². The van der Waals surface area contributed by atoms with Crippen LogP contribution >= 0.6 is 0 Å². The first-order valence-corrected chi connectivity index (χ1v) is 8.79. The van der Waals surface area contributed by atoms with Gasteiger partial charge in [0.05, 0.1) is 18.4 Å². The summed E-state index contributed by atoms with van der Waals surface area (Å²) in [5.74, 6) is -0.447. The molecule has 0 saturated heterocycles. The summed E-state index contributed by atoms with van der Waals surface area (Å²) in [6.45, 7) is 9.81. The molecule has 0 fully saturated rings. The molecule has 1 aliphatic carbocycles. The van der Waals surface area contributed by atoms with Gasteiger partial charge < -0.3 is 14.6 Å². The van der Waals surface area contributed by atoms with E-state index in [0.717, 1.165) is 29.6 Å². The fourth-order valence-corrected chi connectivity index (χ4v) is 3.13. The molecule has 25 heavy (non-hydrogen) atoms. The van der Waals surface area contributed by atoms with Gasteiger partial charge in [0.1, 0.15) is 0 Å². The lowest BCUT2D eigenvalue weighted by molar-refractivity contribution is -0.139.